The van der Waals surface area contributed by atoms with Gasteiger partial charge in [0.05, 0.1) is 31.3 Å². The highest BCUT2D eigenvalue weighted by Crippen LogP contribution is 2.25. The lowest BCUT2D eigenvalue weighted by molar-refractivity contribution is 0.0271. The van der Waals surface area contributed by atoms with Crippen molar-refractivity contribution in [1.82, 2.24) is 14.9 Å². The molecule has 1 N–H and O–H groups in total. The Morgan fingerprint density at radius 1 is 0.946 bits per heavy atom. The second-order valence-corrected chi connectivity index (χ2v) is 9.84. The third-order valence-electron chi connectivity index (χ3n) is 7.20. The van der Waals surface area contributed by atoms with E-state index in [9.17, 15) is 4.79 Å². The number of aromatic nitrogens is 2. The second-order valence-electron chi connectivity index (χ2n) is 9.84. The summed E-state index contributed by atoms with van der Waals surface area (Å²) in [5.74, 6) is -0.121. The maximum atomic E-state index is 13.2. The highest BCUT2D eigenvalue weighted by atomic mass is 16.5. The van der Waals surface area contributed by atoms with Gasteiger partial charge in [-0.2, -0.15) is 0 Å². The molecule has 2 atom stereocenters. The molecule has 1 aliphatic rings. The zero-order valence-electron chi connectivity index (χ0n) is 21.5. The van der Waals surface area contributed by atoms with Gasteiger partial charge in [-0.15, -0.1) is 0 Å². The van der Waals surface area contributed by atoms with Crippen LogP contribution in [0.3, 0.4) is 0 Å². The van der Waals surface area contributed by atoms with E-state index < -0.39 is 0 Å². The molecule has 37 heavy (non-hydrogen) atoms. The van der Waals surface area contributed by atoms with Crippen LogP contribution in [0, 0.1) is 0 Å². The molecule has 0 unspecified atom stereocenters. The standard InChI is InChI=1S/C32H35N3O2/c1-2-3-8-24-13-15-26(16-14-24)27-17-19-28(20-18-27)35-23-33-21-30(35)32(36)34-29-11-7-12-31(29)37-22-25-9-5-4-6-10-25/h4-6,9-10,13-21,23,29,31H,2-3,7-8,11-12,22H2,1H3,(H,34,36)/t29-,31-/m1/s1. The Bertz CT molecular complexity index is 1280. The van der Waals surface area contributed by atoms with Crippen molar-refractivity contribution in [2.45, 2.75) is 64.2 Å². The van der Waals surface area contributed by atoms with Crippen molar-refractivity contribution in [3.8, 4) is 16.8 Å². The van der Waals surface area contributed by atoms with E-state index in [-0.39, 0.29) is 18.1 Å². The van der Waals surface area contributed by atoms with E-state index >= 15 is 0 Å². The van der Waals surface area contributed by atoms with Crippen molar-refractivity contribution in [3.05, 3.63) is 108 Å². The van der Waals surface area contributed by atoms with Crippen LogP contribution in [0.5, 0.6) is 0 Å². The molecule has 1 fully saturated rings. The van der Waals surface area contributed by atoms with Crippen LogP contribution in [0.25, 0.3) is 16.8 Å². The Labute approximate surface area is 219 Å². The van der Waals surface area contributed by atoms with Gasteiger partial charge in [-0.3, -0.25) is 9.36 Å². The number of aryl methyl sites for hydroxylation is 1. The molecule has 1 heterocycles. The summed E-state index contributed by atoms with van der Waals surface area (Å²) in [6.07, 6.45) is 9.83. The molecule has 5 rings (SSSR count). The molecular formula is C32H35N3O2. The fraction of sp³-hybridized carbons (Fsp3) is 0.312. The van der Waals surface area contributed by atoms with Gasteiger partial charge in [0.15, 0.2) is 0 Å². The van der Waals surface area contributed by atoms with Crippen LogP contribution in [-0.2, 0) is 17.8 Å². The average molecular weight is 494 g/mol. The number of nitrogens with one attached hydrogen (secondary N) is 1. The Hall–Kier alpha value is -3.70. The van der Waals surface area contributed by atoms with E-state index in [1.807, 2.05) is 34.9 Å². The fourth-order valence-electron chi connectivity index (χ4n) is 5.04. The number of unbranched alkanes of at least 4 members (excludes halogenated alkanes) is 1. The van der Waals surface area contributed by atoms with Crippen LogP contribution in [0.2, 0.25) is 0 Å². The molecule has 0 bridgehead atoms. The van der Waals surface area contributed by atoms with Crippen LogP contribution < -0.4 is 5.32 Å². The first-order chi connectivity index (χ1) is 18.2. The molecule has 0 spiro atoms. The van der Waals surface area contributed by atoms with Gasteiger partial charge in [0, 0.05) is 5.69 Å². The summed E-state index contributed by atoms with van der Waals surface area (Å²) in [4.78, 5) is 17.5. The number of rotatable bonds is 10. The molecule has 1 amide bonds. The molecule has 3 aromatic carbocycles. The fourth-order valence-corrected chi connectivity index (χ4v) is 5.04. The Morgan fingerprint density at radius 3 is 2.41 bits per heavy atom. The highest BCUT2D eigenvalue weighted by molar-refractivity contribution is 5.93. The maximum Gasteiger partial charge on any atom is 0.270 e. The number of hydrogen-bond donors (Lipinski definition) is 1. The monoisotopic (exact) mass is 493 g/mol. The molecule has 0 aliphatic heterocycles. The van der Waals surface area contributed by atoms with Gasteiger partial charge in [-0.25, -0.2) is 4.98 Å². The Kier molecular flexibility index (Phi) is 8.11. The van der Waals surface area contributed by atoms with Crippen LogP contribution >= 0.6 is 0 Å². The summed E-state index contributed by atoms with van der Waals surface area (Å²) in [6.45, 7) is 2.78. The van der Waals surface area contributed by atoms with Crippen LogP contribution in [0.15, 0.2) is 91.4 Å². The lowest BCUT2D eigenvalue weighted by Crippen LogP contribution is -2.41. The van der Waals surface area contributed by atoms with Crippen LogP contribution in [-0.4, -0.2) is 27.6 Å². The second kappa shape index (κ2) is 12.0. The van der Waals surface area contributed by atoms with Crippen LogP contribution in [0.1, 0.15) is 60.6 Å². The summed E-state index contributed by atoms with van der Waals surface area (Å²) >= 11 is 0. The SMILES string of the molecule is CCCCc1ccc(-c2ccc(-n3cncc3C(=O)N[C@@H]3CCC[C@H]3OCc3ccccc3)cc2)cc1. The van der Waals surface area contributed by atoms with Crippen molar-refractivity contribution in [3.63, 3.8) is 0 Å². The highest BCUT2D eigenvalue weighted by Gasteiger charge is 2.30. The molecule has 1 aromatic heterocycles. The van der Waals surface area contributed by atoms with Gasteiger partial charge in [-0.1, -0.05) is 80.1 Å². The summed E-state index contributed by atoms with van der Waals surface area (Å²) in [7, 11) is 0. The van der Waals surface area contributed by atoms with Gasteiger partial charge >= 0.3 is 0 Å². The molecule has 0 radical (unpaired) electrons. The number of nitrogens with zero attached hydrogens (tertiary/aromatic N) is 2. The predicted molar refractivity (Wildman–Crippen MR) is 148 cm³/mol. The summed E-state index contributed by atoms with van der Waals surface area (Å²) in [5.41, 5.74) is 6.31. The largest absolute Gasteiger partial charge is 0.371 e. The number of amides is 1. The number of ether oxygens (including phenoxy) is 1. The molecule has 4 aromatic rings. The van der Waals surface area contributed by atoms with Gasteiger partial charge in [0.2, 0.25) is 0 Å². The van der Waals surface area contributed by atoms with E-state index in [4.69, 9.17) is 4.74 Å². The predicted octanol–water partition coefficient (Wildman–Crippen LogP) is 6.75. The van der Waals surface area contributed by atoms with Crippen molar-refractivity contribution in [2.75, 3.05) is 0 Å². The molecule has 1 saturated carbocycles. The molecule has 190 valence electrons. The van der Waals surface area contributed by atoms with E-state index in [0.29, 0.717) is 12.3 Å². The third kappa shape index (κ3) is 6.17. The van der Waals surface area contributed by atoms with E-state index in [1.165, 1.54) is 24.0 Å². The number of carbonyl (C=O) groups excluding carboxylic acids is 1. The normalized spacial score (nSPS) is 17.1. The summed E-state index contributed by atoms with van der Waals surface area (Å²) in [5, 5.41) is 3.21. The Morgan fingerprint density at radius 2 is 1.68 bits per heavy atom. The lowest BCUT2D eigenvalue weighted by atomic mass is 10.0. The maximum absolute atomic E-state index is 13.2. The smallest absolute Gasteiger partial charge is 0.270 e. The van der Waals surface area contributed by atoms with E-state index in [2.05, 4.69) is 65.8 Å². The first-order valence-electron chi connectivity index (χ1n) is 13.4. The summed E-state index contributed by atoms with van der Waals surface area (Å²) < 4.78 is 8.03. The molecule has 5 nitrogen and oxygen atoms in total. The first kappa shape index (κ1) is 25.0. The van der Waals surface area contributed by atoms with Gasteiger partial charge in [0.1, 0.15) is 5.69 Å². The van der Waals surface area contributed by atoms with Gasteiger partial charge in [0.25, 0.3) is 5.91 Å². The number of carbonyl (C=O) groups is 1. The van der Waals surface area contributed by atoms with Crippen molar-refractivity contribution in [1.29, 1.82) is 0 Å². The average Bonchev–Trinajstić information content (AvgIpc) is 3.62. The minimum atomic E-state index is -0.121. The van der Waals surface area contributed by atoms with Crippen LogP contribution in [0.4, 0.5) is 0 Å². The first-order valence-corrected chi connectivity index (χ1v) is 13.4. The van der Waals surface area contributed by atoms with Gasteiger partial charge < -0.3 is 10.1 Å². The van der Waals surface area contributed by atoms with E-state index in [1.54, 1.807) is 12.5 Å². The third-order valence-corrected chi connectivity index (χ3v) is 7.20. The minimum Gasteiger partial charge on any atom is -0.371 e. The molecule has 5 heteroatoms. The molecule has 1 aliphatic carbocycles. The number of imidazole rings is 1. The molecule has 0 saturated heterocycles. The van der Waals surface area contributed by atoms with Crippen molar-refractivity contribution in [2.24, 2.45) is 0 Å². The topological polar surface area (TPSA) is 56.2 Å². The zero-order valence-corrected chi connectivity index (χ0v) is 21.5. The number of benzene rings is 3. The van der Waals surface area contributed by atoms with Crippen molar-refractivity contribution >= 4 is 5.91 Å². The minimum absolute atomic E-state index is 0.00207. The Balaban J connectivity index is 1.23. The van der Waals surface area contributed by atoms with Crippen molar-refractivity contribution < 1.29 is 9.53 Å². The van der Waals surface area contributed by atoms with E-state index in [0.717, 1.165) is 42.5 Å². The van der Waals surface area contributed by atoms with Gasteiger partial charge in [-0.05, 0) is 66.5 Å². The zero-order chi connectivity index (χ0) is 25.5. The quantitative estimate of drug-likeness (QED) is 0.266. The summed E-state index contributed by atoms with van der Waals surface area (Å²) in [6, 6.07) is 27.3. The number of hydrogen-bond acceptors (Lipinski definition) is 3. The lowest BCUT2D eigenvalue weighted by Gasteiger charge is -2.22. The molecular weight excluding hydrogens is 458 g/mol.